The highest BCUT2D eigenvalue weighted by atomic mass is 19.1. The fraction of sp³-hybridized carbons (Fsp3) is 0.444. The van der Waals surface area contributed by atoms with Crippen molar-refractivity contribution >= 4 is 11.7 Å². The summed E-state index contributed by atoms with van der Waals surface area (Å²) in [6.45, 7) is 2.17. The van der Waals surface area contributed by atoms with Crippen LogP contribution in [-0.4, -0.2) is 15.9 Å². The van der Waals surface area contributed by atoms with Crippen LogP contribution in [0.4, 0.5) is 10.2 Å². The summed E-state index contributed by atoms with van der Waals surface area (Å²) in [5.74, 6) is 1.47. The Hall–Kier alpha value is -2.82. The number of amides is 1. The van der Waals surface area contributed by atoms with Gasteiger partial charge >= 0.3 is 0 Å². The van der Waals surface area contributed by atoms with E-state index in [1.54, 1.807) is 6.07 Å². The Morgan fingerprint density at radius 1 is 1.19 bits per heavy atom. The lowest BCUT2D eigenvalue weighted by atomic mass is 9.91. The van der Waals surface area contributed by atoms with Gasteiger partial charge in [-0.15, -0.1) is 0 Å². The minimum atomic E-state index is -0.212. The number of halogens is 1. The van der Waals surface area contributed by atoms with Crippen LogP contribution in [0, 0.1) is 17.7 Å². The third-order valence-electron chi connectivity index (χ3n) is 6.96. The van der Waals surface area contributed by atoms with E-state index in [-0.39, 0.29) is 11.7 Å². The van der Waals surface area contributed by atoms with E-state index in [0.717, 1.165) is 53.0 Å². The van der Waals surface area contributed by atoms with Crippen LogP contribution < -0.4 is 5.32 Å². The van der Waals surface area contributed by atoms with Crippen molar-refractivity contribution in [3.05, 3.63) is 64.8 Å². The Balaban J connectivity index is 1.44. The summed E-state index contributed by atoms with van der Waals surface area (Å²) in [5, 5.41) is 3.08. The number of carbonyl (C=O) groups excluding carboxylic acids is 1. The maximum Gasteiger partial charge on any atom is 0.229 e. The fourth-order valence-corrected chi connectivity index (χ4v) is 5.14. The van der Waals surface area contributed by atoms with Crippen LogP contribution >= 0.6 is 0 Å². The third kappa shape index (κ3) is 4.52. The Morgan fingerprint density at radius 2 is 2.03 bits per heavy atom. The van der Waals surface area contributed by atoms with Gasteiger partial charge in [0.1, 0.15) is 5.82 Å². The molecule has 3 aliphatic rings. The first-order chi connectivity index (χ1) is 15.5. The van der Waals surface area contributed by atoms with Crippen LogP contribution in [0.1, 0.15) is 62.4 Å². The first kappa shape index (κ1) is 21.0. The predicted octanol–water partition coefficient (Wildman–Crippen LogP) is 5.97. The normalized spacial score (nSPS) is 19.9. The maximum absolute atomic E-state index is 13.7. The molecule has 1 fully saturated rings. The zero-order valence-corrected chi connectivity index (χ0v) is 18.7. The van der Waals surface area contributed by atoms with Crippen LogP contribution in [0.3, 0.4) is 0 Å². The molecular weight excluding hydrogens is 401 g/mol. The second kappa shape index (κ2) is 8.97. The second-order valence-electron chi connectivity index (χ2n) is 9.55. The fourth-order valence-electron chi connectivity index (χ4n) is 5.14. The summed E-state index contributed by atoms with van der Waals surface area (Å²) in [4.78, 5) is 22.8. The van der Waals surface area contributed by atoms with Gasteiger partial charge in [-0.25, -0.2) is 14.4 Å². The zero-order valence-electron chi connectivity index (χ0n) is 18.7. The van der Waals surface area contributed by atoms with Crippen LogP contribution in [0.2, 0.25) is 0 Å². The molecule has 1 amide bonds. The van der Waals surface area contributed by atoms with Crippen molar-refractivity contribution < 1.29 is 9.18 Å². The molecule has 1 saturated carbocycles. The molecule has 0 radical (unpaired) electrons. The average Bonchev–Trinajstić information content (AvgIpc) is 3.29. The molecule has 2 aromatic rings. The molecule has 0 unspecified atom stereocenters. The monoisotopic (exact) mass is 431 g/mol. The number of hydrogen-bond acceptors (Lipinski definition) is 3. The topological polar surface area (TPSA) is 54.9 Å². The number of aryl methyl sites for hydroxylation is 2. The molecule has 0 spiro atoms. The molecule has 1 aromatic heterocycles. The Morgan fingerprint density at radius 3 is 2.81 bits per heavy atom. The molecule has 166 valence electrons. The van der Waals surface area contributed by atoms with E-state index in [1.807, 2.05) is 6.07 Å². The molecule has 0 bridgehead atoms. The average molecular weight is 432 g/mol. The largest absolute Gasteiger partial charge is 0.309 e. The lowest BCUT2D eigenvalue weighted by Crippen LogP contribution is -2.19. The van der Waals surface area contributed by atoms with Crippen molar-refractivity contribution in [2.75, 3.05) is 5.32 Å². The quantitative estimate of drug-likeness (QED) is 0.635. The van der Waals surface area contributed by atoms with Gasteiger partial charge in [0.05, 0.1) is 23.5 Å². The first-order valence-corrected chi connectivity index (χ1v) is 11.9. The number of anilines is 1. The van der Waals surface area contributed by atoms with Gasteiger partial charge in [-0.05, 0) is 66.9 Å². The van der Waals surface area contributed by atoms with Crippen molar-refractivity contribution in [1.29, 1.82) is 0 Å². The van der Waals surface area contributed by atoms with Crippen molar-refractivity contribution in [3.8, 4) is 11.3 Å². The SMILES string of the molecule is C[C@@H]1C=CC(CC(=O)Nc2nc3c(nc2CC2CCCC2)-c2ccc(F)cc2CC3)=CC1. The second-order valence-corrected chi connectivity index (χ2v) is 9.55. The minimum Gasteiger partial charge on any atom is -0.309 e. The first-order valence-electron chi connectivity index (χ1n) is 11.9. The molecule has 5 rings (SSSR count). The number of hydrogen-bond donors (Lipinski definition) is 1. The summed E-state index contributed by atoms with van der Waals surface area (Å²) in [7, 11) is 0. The van der Waals surface area contributed by atoms with Gasteiger partial charge in [0, 0.05) is 5.56 Å². The Labute approximate surface area is 189 Å². The van der Waals surface area contributed by atoms with Crippen molar-refractivity contribution in [2.24, 2.45) is 11.8 Å². The van der Waals surface area contributed by atoms with Gasteiger partial charge in [-0.1, -0.05) is 50.8 Å². The third-order valence-corrected chi connectivity index (χ3v) is 6.96. The van der Waals surface area contributed by atoms with E-state index in [9.17, 15) is 9.18 Å². The van der Waals surface area contributed by atoms with Crippen LogP contribution in [-0.2, 0) is 24.1 Å². The summed E-state index contributed by atoms with van der Waals surface area (Å²) >= 11 is 0. The molecule has 1 atom stereocenters. The van der Waals surface area contributed by atoms with E-state index >= 15 is 0 Å². The van der Waals surface area contributed by atoms with E-state index < -0.39 is 0 Å². The molecule has 1 aromatic carbocycles. The number of fused-ring (bicyclic) bond motifs is 3. The number of nitrogens with zero attached hydrogens (tertiary/aromatic N) is 2. The molecule has 32 heavy (non-hydrogen) atoms. The van der Waals surface area contributed by atoms with Crippen LogP contribution in [0.5, 0.6) is 0 Å². The highest BCUT2D eigenvalue weighted by molar-refractivity contribution is 5.92. The predicted molar refractivity (Wildman–Crippen MR) is 125 cm³/mol. The van der Waals surface area contributed by atoms with Crippen LogP contribution in [0.25, 0.3) is 11.3 Å². The lowest BCUT2D eigenvalue weighted by Gasteiger charge is -2.22. The maximum atomic E-state index is 13.7. The number of benzene rings is 1. The summed E-state index contributed by atoms with van der Waals surface area (Å²) in [6, 6.07) is 4.92. The molecule has 5 heteroatoms. The van der Waals surface area contributed by atoms with E-state index in [1.165, 1.54) is 31.7 Å². The molecule has 0 aliphatic heterocycles. The number of carbonyl (C=O) groups is 1. The number of aromatic nitrogens is 2. The highest BCUT2D eigenvalue weighted by Crippen LogP contribution is 2.35. The lowest BCUT2D eigenvalue weighted by molar-refractivity contribution is -0.115. The van der Waals surface area contributed by atoms with Gasteiger partial charge in [-0.2, -0.15) is 0 Å². The summed E-state index contributed by atoms with van der Waals surface area (Å²) in [6.07, 6.45) is 14.9. The van der Waals surface area contributed by atoms with Crippen LogP contribution in [0.15, 0.2) is 42.0 Å². The number of allylic oxidation sites excluding steroid dienone is 3. The Bertz CT molecular complexity index is 1100. The van der Waals surface area contributed by atoms with E-state index in [2.05, 4.69) is 30.5 Å². The van der Waals surface area contributed by atoms with Gasteiger partial charge in [0.25, 0.3) is 0 Å². The van der Waals surface area contributed by atoms with Gasteiger partial charge < -0.3 is 5.32 Å². The number of nitrogens with one attached hydrogen (secondary N) is 1. The molecule has 0 saturated heterocycles. The van der Waals surface area contributed by atoms with Gasteiger partial charge in [0.15, 0.2) is 5.82 Å². The number of rotatable bonds is 5. The zero-order chi connectivity index (χ0) is 22.1. The molecule has 1 heterocycles. The highest BCUT2D eigenvalue weighted by Gasteiger charge is 2.25. The van der Waals surface area contributed by atoms with E-state index in [4.69, 9.17) is 9.97 Å². The standard InChI is InChI=1S/C27H30FN3O/c1-17-6-8-19(9-7-17)15-25(32)31-27-24(14-18-4-2-3-5-18)29-26-22-12-11-21(28)16-20(22)10-13-23(26)30-27/h6,8-9,11-12,16-18H,2-5,7,10,13-15H2,1H3,(H,30,31,32)/t17-/m1/s1. The van der Waals surface area contributed by atoms with Gasteiger partial charge in [-0.3, -0.25) is 4.79 Å². The molecular formula is C27H30FN3O. The molecule has 3 aliphatic carbocycles. The van der Waals surface area contributed by atoms with Gasteiger partial charge in [0.2, 0.25) is 5.91 Å². The smallest absolute Gasteiger partial charge is 0.229 e. The summed E-state index contributed by atoms with van der Waals surface area (Å²) in [5.41, 5.74) is 5.62. The Kier molecular flexibility index (Phi) is 5.90. The van der Waals surface area contributed by atoms with E-state index in [0.29, 0.717) is 30.5 Å². The summed E-state index contributed by atoms with van der Waals surface area (Å²) < 4.78 is 13.7. The van der Waals surface area contributed by atoms with Crippen molar-refractivity contribution in [3.63, 3.8) is 0 Å². The van der Waals surface area contributed by atoms with Crippen molar-refractivity contribution in [2.45, 2.75) is 64.7 Å². The van der Waals surface area contributed by atoms with Crippen molar-refractivity contribution in [1.82, 2.24) is 9.97 Å². The molecule has 1 N–H and O–H groups in total. The molecule has 4 nitrogen and oxygen atoms in total. The minimum absolute atomic E-state index is 0.0457.